The number of nitrogens with zero attached hydrogens (tertiary/aromatic N) is 1. The van der Waals surface area contributed by atoms with Crippen LogP contribution in [0.3, 0.4) is 0 Å². The maximum Gasteiger partial charge on any atom is 0.335 e. The van der Waals surface area contributed by atoms with Gasteiger partial charge in [-0.1, -0.05) is 11.6 Å². The lowest BCUT2D eigenvalue weighted by atomic mass is 9.91. The molecule has 3 N–H and O–H groups in total. The maximum absolute atomic E-state index is 12.5. The zero-order valence-electron chi connectivity index (χ0n) is 12.5. The van der Waals surface area contributed by atoms with Crippen LogP contribution in [0.2, 0.25) is 5.02 Å². The number of carboxylic acid groups (broad SMARTS) is 1. The third-order valence-corrected chi connectivity index (χ3v) is 4.12. The smallest absolute Gasteiger partial charge is 0.335 e. The van der Waals surface area contributed by atoms with Gasteiger partial charge in [0.25, 0.3) is 5.91 Å². The first-order chi connectivity index (χ1) is 10.7. The Morgan fingerprint density at radius 2 is 1.87 bits per heavy atom. The summed E-state index contributed by atoms with van der Waals surface area (Å²) in [7, 11) is 0. The molecule has 124 valence electrons. The molecule has 1 saturated heterocycles. The monoisotopic (exact) mass is 340 g/mol. The Morgan fingerprint density at radius 3 is 2.39 bits per heavy atom. The molecular weight excluding hydrogens is 324 g/mol. The highest BCUT2D eigenvalue weighted by atomic mass is 35.5. The second kappa shape index (κ2) is 6.55. The molecule has 0 saturated carbocycles. The SMILES string of the molecule is CC(=O)Nc1ccc(Cl)c(C(=O)N2CCC(O)(C(=O)O)CC2)c1. The highest BCUT2D eigenvalue weighted by Gasteiger charge is 2.40. The van der Waals surface area contributed by atoms with Crippen LogP contribution in [0.15, 0.2) is 18.2 Å². The lowest BCUT2D eigenvalue weighted by molar-refractivity contribution is -0.162. The molecule has 0 atom stereocenters. The standard InChI is InChI=1S/C15H17ClN2O5/c1-9(19)17-10-2-3-12(16)11(8-10)13(20)18-6-4-15(23,5-7-18)14(21)22/h2-3,8,23H,4-7H2,1H3,(H,17,19)(H,21,22). The lowest BCUT2D eigenvalue weighted by Gasteiger charge is -2.35. The fraction of sp³-hybridized carbons (Fsp3) is 0.400. The fourth-order valence-electron chi connectivity index (χ4n) is 2.43. The van der Waals surface area contributed by atoms with Crippen molar-refractivity contribution in [3.63, 3.8) is 0 Å². The van der Waals surface area contributed by atoms with Gasteiger partial charge in [-0.15, -0.1) is 0 Å². The van der Waals surface area contributed by atoms with Crippen molar-refractivity contribution in [2.45, 2.75) is 25.4 Å². The number of hydrogen-bond acceptors (Lipinski definition) is 4. The van der Waals surface area contributed by atoms with Gasteiger partial charge in [0.2, 0.25) is 5.91 Å². The van der Waals surface area contributed by atoms with E-state index in [1.165, 1.54) is 24.0 Å². The van der Waals surface area contributed by atoms with Crippen LogP contribution < -0.4 is 5.32 Å². The quantitative estimate of drug-likeness (QED) is 0.770. The Kier molecular flexibility index (Phi) is 4.91. The van der Waals surface area contributed by atoms with Crippen LogP contribution in [-0.2, 0) is 9.59 Å². The van der Waals surface area contributed by atoms with E-state index in [2.05, 4.69) is 5.32 Å². The number of hydrogen-bond donors (Lipinski definition) is 3. The molecule has 1 aliphatic heterocycles. The molecule has 1 fully saturated rings. The molecule has 0 aliphatic carbocycles. The van der Waals surface area contributed by atoms with E-state index in [-0.39, 0.29) is 48.3 Å². The van der Waals surface area contributed by atoms with Crippen molar-refractivity contribution in [2.75, 3.05) is 18.4 Å². The van der Waals surface area contributed by atoms with Crippen LogP contribution in [0.5, 0.6) is 0 Å². The van der Waals surface area contributed by atoms with Crippen LogP contribution in [0.25, 0.3) is 0 Å². The summed E-state index contributed by atoms with van der Waals surface area (Å²) in [4.78, 5) is 36.1. The van der Waals surface area contributed by atoms with Crippen molar-refractivity contribution in [1.82, 2.24) is 4.90 Å². The lowest BCUT2D eigenvalue weighted by Crippen LogP contribution is -2.50. The van der Waals surface area contributed by atoms with Crippen LogP contribution in [0.1, 0.15) is 30.1 Å². The third-order valence-electron chi connectivity index (χ3n) is 3.79. The number of carbonyl (C=O) groups excluding carboxylic acids is 2. The molecule has 7 nitrogen and oxygen atoms in total. The molecule has 0 unspecified atom stereocenters. The maximum atomic E-state index is 12.5. The van der Waals surface area contributed by atoms with E-state index in [1.807, 2.05) is 0 Å². The van der Waals surface area contributed by atoms with Gasteiger partial charge in [0.05, 0.1) is 10.6 Å². The van der Waals surface area contributed by atoms with Gasteiger partial charge in [-0.3, -0.25) is 9.59 Å². The van der Waals surface area contributed by atoms with E-state index < -0.39 is 11.6 Å². The summed E-state index contributed by atoms with van der Waals surface area (Å²) in [5.41, 5.74) is -1.12. The van der Waals surface area contributed by atoms with E-state index >= 15 is 0 Å². The molecule has 2 rings (SSSR count). The van der Waals surface area contributed by atoms with Crippen LogP contribution in [0, 0.1) is 0 Å². The Bertz CT molecular complexity index is 653. The zero-order chi connectivity index (χ0) is 17.2. The topological polar surface area (TPSA) is 107 Å². The summed E-state index contributed by atoms with van der Waals surface area (Å²) in [6.07, 6.45) is -0.0891. The van der Waals surface area contributed by atoms with Gasteiger partial charge in [0, 0.05) is 38.5 Å². The van der Waals surface area contributed by atoms with Crippen LogP contribution >= 0.6 is 11.6 Å². The summed E-state index contributed by atoms with van der Waals surface area (Å²) in [5, 5.41) is 21.7. The molecule has 1 aromatic carbocycles. The minimum atomic E-state index is -1.79. The van der Waals surface area contributed by atoms with Crippen LogP contribution in [0.4, 0.5) is 5.69 Å². The normalized spacial score (nSPS) is 16.7. The first-order valence-electron chi connectivity index (χ1n) is 7.05. The number of aliphatic carboxylic acids is 1. The van der Waals surface area contributed by atoms with Gasteiger partial charge in [0.1, 0.15) is 0 Å². The number of likely N-dealkylation sites (tertiary alicyclic amines) is 1. The number of carboxylic acids is 1. The minimum absolute atomic E-state index is 0.0446. The van der Waals surface area contributed by atoms with Gasteiger partial charge >= 0.3 is 5.97 Å². The third kappa shape index (κ3) is 3.80. The second-order valence-corrected chi connectivity index (χ2v) is 5.91. The average molecular weight is 341 g/mol. The molecule has 1 heterocycles. The molecule has 23 heavy (non-hydrogen) atoms. The average Bonchev–Trinajstić information content (AvgIpc) is 2.48. The van der Waals surface area contributed by atoms with E-state index in [1.54, 1.807) is 6.07 Å². The summed E-state index contributed by atoms with van der Waals surface area (Å²) >= 11 is 6.05. The zero-order valence-corrected chi connectivity index (χ0v) is 13.3. The van der Waals surface area contributed by atoms with Crippen molar-refractivity contribution < 1.29 is 24.6 Å². The molecule has 1 aromatic rings. The predicted octanol–water partition coefficient (Wildman–Crippen LogP) is 1.35. The second-order valence-electron chi connectivity index (χ2n) is 5.50. The molecular formula is C15H17ClN2O5. The summed E-state index contributed by atoms with van der Waals surface area (Å²) in [5.74, 6) is -1.92. The van der Waals surface area contributed by atoms with Crippen molar-refractivity contribution in [1.29, 1.82) is 0 Å². The predicted molar refractivity (Wildman–Crippen MR) is 83.5 cm³/mol. The van der Waals surface area contributed by atoms with Crippen molar-refractivity contribution in [3.05, 3.63) is 28.8 Å². The number of piperidine rings is 1. The molecule has 8 heteroatoms. The molecule has 0 radical (unpaired) electrons. The molecule has 1 aliphatic rings. The number of rotatable bonds is 3. The van der Waals surface area contributed by atoms with Crippen molar-refractivity contribution in [3.8, 4) is 0 Å². The Morgan fingerprint density at radius 1 is 1.26 bits per heavy atom. The van der Waals surface area contributed by atoms with E-state index in [0.717, 1.165) is 0 Å². The highest BCUT2D eigenvalue weighted by molar-refractivity contribution is 6.34. The number of nitrogens with one attached hydrogen (secondary N) is 1. The first kappa shape index (κ1) is 17.2. The van der Waals surface area contributed by atoms with Gasteiger partial charge < -0.3 is 20.4 Å². The summed E-state index contributed by atoms with van der Waals surface area (Å²) in [6.45, 7) is 1.58. The number of aliphatic hydroxyl groups is 1. The molecule has 0 aromatic heterocycles. The van der Waals surface area contributed by atoms with Crippen molar-refractivity contribution >= 4 is 35.1 Å². The molecule has 0 bridgehead atoms. The van der Waals surface area contributed by atoms with Gasteiger partial charge in [-0.2, -0.15) is 0 Å². The minimum Gasteiger partial charge on any atom is -0.479 e. The van der Waals surface area contributed by atoms with E-state index in [9.17, 15) is 19.5 Å². The largest absolute Gasteiger partial charge is 0.479 e. The summed E-state index contributed by atoms with van der Waals surface area (Å²) in [6, 6.07) is 4.57. The Labute approximate surface area is 137 Å². The highest BCUT2D eigenvalue weighted by Crippen LogP contribution is 2.27. The molecule has 0 spiro atoms. The fourth-order valence-corrected chi connectivity index (χ4v) is 2.63. The summed E-state index contributed by atoms with van der Waals surface area (Å²) < 4.78 is 0. The van der Waals surface area contributed by atoms with Crippen LogP contribution in [-0.4, -0.2) is 51.6 Å². The van der Waals surface area contributed by atoms with Gasteiger partial charge in [0.15, 0.2) is 5.60 Å². The van der Waals surface area contributed by atoms with E-state index in [0.29, 0.717) is 5.69 Å². The Hall–Kier alpha value is -2.12. The first-order valence-corrected chi connectivity index (χ1v) is 7.43. The van der Waals surface area contributed by atoms with E-state index in [4.69, 9.17) is 16.7 Å². The number of carbonyl (C=O) groups is 3. The number of amides is 2. The number of anilines is 1. The van der Waals surface area contributed by atoms with Gasteiger partial charge in [-0.25, -0.2) is 4.79 Å². The van der Waals surface area contributed by atoms with Crippen molar-refractivity contribution in [2.24, 2.45) is 0 Å². The molecule has 2 amide bonds. The number of benzene rings is 1. The Balaban J connectivity index is 2.15. The van der Waals surface area contributed by atoms with Gasteiger partial charge in [-0.05, 0) is 18.2 Å². The number of halogens is 1.